The van der Waals surface area contributed by atoms with Crippen LogP contribution in [0.5, 0.6) is 23.0 Å². The third-order valence-corrected chi connectivity index (χ3v) is 14.1. The highest BCUT2D eigenvalue weighted by Crippen LogP contribution is 2.50. The summed E-state index contributed by atoms with van der Waals surface area (Å²) in [6, 6.07) is 41.8. The zero-order valence-corrected chi connectivity index (χ0v) is 45.3. The summed E-state index contributed by atoms with van der Waals surface area (Å²) in [6.45, 7) is 43.1. The summed E-state index contributed by atoms with van der Waals surface area (Å²) in [4.78, 5) is 0. The Bertz CT molecular complexity index is 2500. The minimum Gasteiger partial charge on any atom is -0.508 e. The Labute approximate surface area is 411 Å². The number of aromatic hydroxyl groups is 4. The normalized spacial score (nSPS) is 13.2. The van der Waals surface area contributed by atoms with Crippen molar-refractivity contribution >= 4 is 0 Å². The van der Waals surface area contributed by atoms with Gasteiger partial charge in [-0.05, 0) is 125 Å². The molecule has 0 aliphatic rings. The van der Waals surface area contributed by atoms with Gasteiger partial charge in [-0.3, -0.25) is 0 Å². The first kappa shape index (κ1) is 53.5. The number of rotatable bonds is 6. The van der Waals surface area contributed by atoms with E-state index in [0.29, 0.717) is 23.0 Å². The molecule has 0 aliphatic carbocycles. The molecule has 4 heteroatoms. The van der Waals surface area contributed by atoms with E-state index in [9.17, 15) is 20.4 Å². The lowest BCUT2D eigenvalue weighted by atomic mass is 9.66. The van der Waals surface area contributed by atoms with Gasteiger partial charge in [-0.1, -0.05) is 234 Å². The van der Waals surface area contributed by atoms with Crippen LogP contribution in [0.15, 0.2) is 121 Å². The molecule has 6 aromatic rings. The number of phenols is 4. The minimum atomic E-state index is -0.525. The first-order valence-electron chi connectivity index (χ1n) is 24.5. The first-order chi connectivity index (χ1) is 30.9. The molecule has 0 spiro atoms. The Kier molecular flexibility index (Phi) is 14.5. The lowest BCUT2D eigenvalue weighted by Gasteiger charge is -2.38. The van der Waals surface area contributed by atoms with Crippen LogP contribution in [0.4, 0.5) is 0 Å². The highest BCUT2D eigenvalue weighted by molar-refractivity contribution is 5.61. The van der Waals surface area contributed by atoms with Crippen molar-refractivity contribution in [3.63, 3.8) is 0 Å². The van der Waals surface area contributed by atoms with E-state index in [1.165, 1.54) is 11.1 Å². The van der Waals surface area contributed by atoms with Gasteiger partial charge in [0.25, 0.3) is 0 Å². The molecule has 68 heavy (non-hydrogen) atoms. The lowest BCUT2D eigenvalue weighted by Crippen LogP contribution is -2.29. The van der Waals surface area contributed by atoms with Crippen LogP contribution >= 0.6 is 0 Å². The van der Waals surface area contributed by atoms with Crippen molar-refractivity contribution in [2.75, 3.05) is 0 Å². The summed E-state index contributed by atoms with van der Waals surface area (Å²) in [6.07, 6.45) is 0. The maximum Gasteiger partial charge on any atom is 0.123 e. The molecule has 0 radical (unpaired) electrons. The second-order valence-electron chi connectivity index (χ2n) is 25.8. The van der Waals surface area contributed by atoms with Gasteiger partial charge in [-0.2, -0.15) is 0 Å². The largest absolute Gasteiger partial charge is 0.508 e. The fourth-order valence-corrected chi connectivity index (χ4v) is 9.57. The summed E-state index contributed by atoms with van der Waals surface area (Å²) in [5.74, 6) is 1.42. The third-order valence-electron chi connectivity index (χ3n) is 14.1. The van der Waals surface area contributed by atoms with Crippen LogP contribution in [0.25, 0.3) is 0 Å². The van der Waals surface area contributed by atoms with Gasteiger partial charge in [-0.15, -0.1) is 0 Å². The summed E-state index contributed by atoms with van der Waals surface area (Å²) >= 11 is 0. The summed E-state index contributed by atoms with van der Waals surface area (Å²) in [5, 5.41) is 44.1. The van der Waals surface area contributed by atoms with Gasteiger partial charge in [0, 0.05) is 10.8 Å². The molecular formula is C64H84O4. The number of hydrogen-bond donors (Lipinski definition) is 4. The molecule has 0 aromatic heterocycles. The molecule has 0 aliphatic heterocycles. The van der Waals surface area contributed by atoms with E-state index in [1.54, 1.807) is 0 Å². The quantitative estimate of drug-likeness (QED) is 0.126. The Morgan fingerprint density at radius 2 is 0.456 bits per heavy atom. The van der Waals surface area contributed by atoms with Gasteiger partial charge in [0.2, 0.25) is 0 Å². The highest BCUT2D eigenvalue weighted by Gasteiger charge is 2.39. The molecule has 0 atom stereocenters. The molecule has 0 saturated heterocycles. The van der Waals surface area contributed by atoms with E-state index in [0.717, 1.165) is 55.6 Å². The third kappa shape index (κ3) is 10.9. The van der Waals surface area contributed by atoms with Crippen LogP contribution in [0.2, 0.25) is 0 Å². The van der Waals surface area contributed by atoms with Gasteiger partial charge >= 0.3 is 0 Å². The Hall–Kier alpha value is -5.48. The van der Waals surface area contributed by atoms with Crippen LogP contribution in [-0.4, -0.2) is 20.4 Å². The SMILES string of the molecule is CC(C)(C)c1cc(C(C)(c2ccccc2)c2cc(C(C)(C)C)c(O)c(C(C)(C)C)c2)cc(C(C)(C)C)c1O.CC(C)(C)c1cc(C(C)(c2ccccc2)c2ccc(O)c(C(C)(C)C)c2)ccc1O. The molecule has 6 rings (SSSR count). The smallest absolute Gasteiger partial charge is 0.123 e. The summed E-state index contributed by atoms with van der Waals surface area (Å²) in [7, 11) is 0. The zero-order valence-electron chi connectivity index (χ0n) is 45.3. The first-order valence-corrected chi connectivity index (χ1v) is 24.5. The van der Waals surface area contributed by atoms with Crippen LogP contribution in [0.3, 0.4) is 0 Å². The van der Waals surface area contributed by atoms with Crippen LogP contribution in [0, 0.1) is 0 Å². The predicted octanol–water partition coefficient (Wildman–Crippen LogP) is 16.7. The summed E-state index contributed by atoms with van der Waals surface area (Å²) in [5.41, 5.74) is 10.2. The number of phenolic OH excluding ortho intramolecular Hbond substituents is 4. The molecule has 4 N–H and O–H groups in total. The van der Waals surface area contributed by atoms with E-state index in [2.05, 4.69) is 229 Å². The average molecular weight is 917 g/mol. The van der Waals surface area contributed by atoms with Gasteiger partial charge < -0.3 is 20.4 Å². The molecule has 4 nitrogen and oxygen atoms in total. The van der Waals surface area contributed by atoms with Gasteiger partial charge in [-0.25, -0.2) is 0 Å². The number of benzene rings is 6. The van der Waals surface area contributed by atoms with Crippen LogP contribution < -0.4 is 0 Å². The molecule has 0 unspecified atom stereocenters. The van der Waals surface area contributed by atoms with Crippen LogP contribution in [0.1, 0.15) is 205 Å². The lowest BCUT2D eigenvalue weighted by molar-refractivity contribution is 0.420. The topological polar surface area (TPSA) is 80.9 Å². The fourth-order valence-electron chi connectivity index (χ4n) is 9.57. The van der Waals surface area contributed by atoms with Crippen molar-refractivity contribution < 1.29 is 20.4 Å². The van der Waals surface area contributed by atoms with Crippen molar-refractivity contribution in [2.24, 2.45) is 0 Å². The number of hydrogen-bond acceptors (Lipinski definition) is 4. The molecule has 364 valence electrons. The summed E-state index contributed by atoms with van der Waals surface area (Å²) < 4.78 is 0. The standard InChI is InChI=1S/C36H50O2.C28H34O2/c1-32(2,3)26-19-24(20-27(30(26)37)33(4,5)6)36(13,23-17-15-14-16-18-23)25-21-28(34(7,8)9)31(38)29(22-25)35(10,11)12;1-26(2,3)22-17-20(13-15-24(22)29)28(7,19-11-9-8-10-12-19)21-14-16-25(30)23(18-21)27(4,5)6/h14-22,37-38H,1-13H3;8-18,29-30H,1-7H3. The maximum atomic E-state index is 11.5. The van der Waals surface area contributed by atoms with Crippen LogP contribution in [-0.2, 0) is 43.3 Å². The highest BCUT2D eigenvalue weighted by atomic mass is 16.3. The second kappa shape index (κ2) is 18.4. The zero-order chi connectivity index (χ0) is 51.4. The van der Waals surface area contributed by atoms with Gasteiger partial charge in [0.05, 0.1) is 0 Å². The van der Waals surface area contributed by atoms with Gasteiger partial charge in [0.1, 0.15) is 23.0 Å². The van der Waals surface area contributed by atoms with Crippen molar-refractivity contribution in [2.45, 2.75) is 182 Å². The van der Waals surface area contributed by atoms with E-state index in [4.69, 9.17) is 0 Å². The van der Waals surface area contributed by atoms with Crippen molar-refractivity contribution in [3.8, 4) is 23.0 Å². The van der Waals surface area contributed by atoms with E-state index < -0.39 is 10.8 Å². The molecular weight excluding hydrogens is 833 g/mol. The van der Waals surface area contributed by atoms with E-state index in [-0.39, 0.29) is 32.5 Å². The molecule has 0 fully saturated rings. The molecule has 6 aromatic carbocycles. The van der Waals surface area contributed by atoms with Crippen molar-refractivity contribution in [3.05, 3.63) is 188 Å². The monoisotopic (exact) mass is 917 g/mol. The maximum absolute atomic E-state index is 11.5. The Morgan fingerprint density at radius 3 is 0.691 bits per heavy atom. The van der Waals surface area contributed by atoms with Crippen molar-refractivity contribution in [1.82, 2.24) is 0 Å². The average Bonchev–Trinajstić information content (AvgIpc) is 3.22. The second-order valence-corrected chi connectivity index (χ2v) is 25.8. The molecule has 0 amide bonds. The Morgan fingerprint density at radius 1 is 0.235 bits per heavy atom. The Balaban J connectivity index is 0.000000261. The minimum absolute atomic E-state index is 0.177. The molecule has 0 bridgehead atoms. The van der Waals surface area contributed by atoms with Gasteiger partial charge in [0.15, 0.2) is 0 Å². The fraction of sp³-hybridized carbons (Fsp3) is 0.438. The molecule has 0 saturated carbocycles. The molecule has 0 heterocycles. The predicted molar refractivity (Wildman–Crippen MR) is 289 cm³/mol. The van der Waals surface area contributed by atoms with E-state index in [1.807, 2.05) is 30.3 Å². The van der Waals surface area contributed by atoms with Crippen molar-refractivity contribution in [1.29, 1.82) is 0 Å². The van der Waals surface area contributed by atoms with E-state index >= 15 is 0 Å².